The van der Waals surface area contributed by atoms with Gasteiger partial charge in [-0.2, -0.15) is 0 Å². The Labute approximate surface area is 112 Å². The van der Waals surface area contributed by atoms with E-state index in [-0.39, 0.29) is 9.79 Å². The van der Waals surface area contributed by atoms with E-state index in [0.29, 0.717) is 5.08 Å². The van der Waals surface area contributed by atoms with Crippen molar-refractivity contribution >= 4 is 19.7 Å². The van der Waals surface area contributed by atoms with E-state index >= 15 is 0 Å². The lowest BCUT2D eigenvalue weighted by Gasteiger charge is -2.05. The summed E-state index contributed by atoms with van der Waals surface area (Å²) in [5.41, 5.74) is 0. The van der Waals surface area contributed by atoms with Gasteiger partial charge in [0.2, 0.25) is 5.08 Å². The van der Waals surface area contributed by atoms with Crippen molar-refractivity contribution < 1.29 is 16.8 Å². The van der Waals surface area contributed by atoms with Gasteiger partial charge in [-0.3, -0.25) is 0 Å². The van der Waals surface area contributed by atoms with E-state index in [4.69, 9.17) is 0 Å². The molecule has 0 aliphatic heterocycles. The second kappa shape index (κ2) is 5.14. The highest BCUT2D eigenvalue weighted by Gasteiger charge is 2.26. The monoisotopic (exact) mass is 295 g/mol. The average molecular weight is 295 g/mol. The van der Waals surface area contributed by atoms with Crippen LogP contribution in [0.15, 0.2) is 70.5 Å². The summed E-state index contributed by atoms with van der Waals surface area (Å²) in [7, 11) is -7.96. The predicted octanol–water partition coefficient (Wildman–Crippen LogP) is 2.05. The quantitative estimate of drug-likeness (QED) is 0.865. The SMILES string of the molecule is O=S(=O)([CH]S(=O)(=O)c1ccccc1)c1ccccc1. The van der Waals surface area contributed by atoms with Crippen molar-refractivity contribution in [3.63, 3.8) is 0 Å². The van der Waals surface area contributed by atoms with Crippen LogP contribution in [0.25, 0.3) is 0 Å². The summed E-state index contributed by atoms with van der Waals surface area (Å²) in [4.78, 5) is -0.0935. The number of hydrogen-bond acceptors (Lipinski definition) is 4. The number of rotatable bonds is 4. The molecule has 2 rings (SSSR count). The first-order valence-corrected chi connectivity index (χ1v) is 8.46. The minimum atomic E-state index is -3.98. The lowest BCUT2D eigenvalue weighted by molar-refractivity contribution is 0.594. The summed E-state index contributed by atoms with van der Waals surface area (Å²) in [5, 5.41) is 0.394. The number of sulfone groups is 2. The van der Waals surface area contributed by atoms with Crippen LogP contribution in [0, 0.1) is 5.08 Å². The molecule has 6 heteroatoms. The van der Waals surface area contributed by atoms with E-state index in [1.54, 1.807) is 12.1 Å². The fraction of sp³-hybridized carbons (Fsp3) is 0. The summed E-state index contributed by atoms with van der Waals surface area (Å²) in [6.07, 6.45) is 0. The van der Waals surface area contributed by atoms with Crippen molar-refractivity contribution in [3.05, 3.63) is 65.7 Å². The molecule has 0 fully saturated rings. The Morgan fingerprint density at radius 2 is 0.895 bits per heavy atom. The number of benzene rings is 2. The predicted molar refractivity (Wildman–Crippen MR) is 71.6 cm³/mol. The van der Waals surface area contributed by atoms with E-state index in [0.717, 1.165) is 0 Å². The first-order valence-electron chi connectivity index (χ1n) is 5.37. The van der Waals surface area contributed by atoms with Crippen LogP contribution in [-0.2, 0) is 19.7 Å². The van der Waals surface area contributed by atoms with Gasteiger partial charge in [0, 0.05) is 0 Å². The van der Waals surface area contributed by atoms with Crippen LogP contribution in [0.5, 0.6) is 0 Å². The molecule has 0 saturated carbocycles. The smallest absolute Gasteiger partial charge is 0.203 e. The third-order valence-corrected chi connectivity index (χ3v) is 6.28. The van der Waals surface area contributed by atoms with Gasteiger partial charge < -0.3 is 0 Å². The van der Waals surface area contributed by atoms with Gasteiger partial charge in [-0.05, 0) is 24.3 Å². The molecule has 19 heavy (non-hydrogen) atoms. The standard InChI is InChI=1S/C13H11O4S2/c14-18(15,12-7-3-1-4-8-12)11-19(16,17)13-9-5-2-6-10-13/h1-11H. The summed E-state index contributed by atoms with van der Waals surface area (Å²) in [6, 6.07) is 14.9. The Bertz CT molecular complexity index is 681. The van der Waals surface area contributed by atoms with Crippen LogP contribution in [-0.4, -0.2) is 16.8 Å². The average Bonchev–Trinajstić information content (AvgIpc) is 2.40. The zero-order valence-corrected chi connectivity index (χ0v) is 11.4. The topological polar surface area (TPSA) is 68.3 Å². The van der Waals surface area contributed by atoms with Crippen LogP contribution >= 0.6 is 0 Å². The summed E-state index contributed by atoms with van der Waals surface area (Å²) < 4.78 is 47.9. The Kier molecular flexibility index (Phi) is 3.73. The molecular formula is C13H11O4S2. The molecule has 0 unspecified atom stereocenters. The first-order chi connectivity index (χ1) is 8.92. The molecule has 0 atom stereocenters. The molecule has 0 spiro atoms. The van der Waals surface area contributed by atoms with Gasteiger partial charge >= 0.3 is 0 Å². The minimum Gasteiger partial charge on any atom is -0.222 e. The molecule has 0 saturated heterocycles. The first kappa shape index (κ1) is 13.8. The van der Waals surface area contributed by atoms with E-state index in [2.05, 4.69) is 0 Å². The molecule has 1 radical (unpaired) electrons. The Hall–Kier alpha value is -1.66. The van der Waals surface area contributed by atoms with E-state index < -0.39 is 19.7 Å². The normalized spacial score (nSPS) is 12.2. The van der Waals surface area contributed by atoms with Crippen LogP contribution < -0.4 is 0 Å². The maximum absolute atomic E-state index is 12.0. The summed E-state index contributed by atoms with van der Waals surface area (Å²) >= 11 is 0. The van der Waals surface area contributed by atoms with Crippen molar-refractivity contribution in [2.75, 3.05) is 0 Å². The van der Waals surface area contributed by atoms with E-state index in [1.807, 2.05) is 0 Å². The van der Waals surface area contributed by atoms with Gasteiger partial charge in [0.05, 0.1) is 9.79 Å². The highest BCUT2D eigenvalue weighted by atomic mass is 32.3. The van der Waals surface area contributed by atoms with Gasteiger partial charge in [0.25, 0.3) is 0 Å². The largest absolute Gasteiger partial charge is 0.222 e. The Balaban J connectivity index is 2.37. The maximum atomic E-state index is 12.0. The van der Waals surface area contributed by atoms with Crippen LogP contribution in [0.2, 0.25) is 0 Å². The Morgan fingerprint density at radius 1 is 0.579 bits per heavy atom. The third-order valence-electron chi connectivity index (χ3n) is 2.40. The molecule has 0 aliphatic carbocycles. The molecule has 4 nitrogen and oxygen atoms in total. The van der Waals surface area contributed by atoms with Crippen molar-refractivity contribution in [3.8, 4) is 0 Å². The second-order valence-electron chi connectivity index (χ2n) is 3.81. The van der Waals surface area contributed by atoms with Crippen LogP contribution in [0.4, 0.5) is 0 Å². The third kappa shape index (κ3) is 3.21. The second-order valence-corrected chi connectivity index (χ2v) is 7.70. The van der Waals surface area contributed by atoms with Gasteiger partial charge in [-0.1, -0.05) is 36.4 Å². The summed E-state index contributed by atoms with van der Waals surface area (Å²) in [5.74, 6) is 0. The number of hydrogen-bond donors (Lipinski definition) is 0. The summed E-state index contributed by atoms with van der Waals surface area (Å²) in [6.45, 7) is 0. The lowest BCUT2D eigenvalue weighted by atomic mass is 10.4. The van der Waals surface area contributed by atoms with Crippen molar-refractivity contribution in [2.45, 2.75) is 9.79 Å². The molecule has 0 amide bonds. The zero-order valence-electron chi connectivity index (χ0n) is 9.80. The van der Waals surface area contributed by atoms with Crippen molar-refractivity contribution in [2.24, 2.45) is 0 Å². The highest BCUT2D eigenvalue weighted by Crippen LogP contribution is 2.21. The minimum absolute atomic E-state index is 0.0468. The van der Waals surface area contributed by atoms with E-state index in [9.17, 15) is 16.8 Å². The fourth-order valence-electron chi connectivity index (χ4n) is 1.50. The molecule has 99 valence electrons. The fourth-order valence-corrected chi connectivity index (χ4v) is 4.79. The van der Waals surface area contributed by atoms with Crippen molar-refractivity contribution in [1.82, 2.24) is 0 Å². The maximum Gasteiger partial charge on any atom is 0.203 e. The lowest BCUT2D eigenvalue weighted by Crippen LogP contribution is -2.11. The molecule has 0 aliphatic rings. The molecule has 2 aromatic carbocycles. The highest BCUT2D eigenvalue weighted by molar-refractivity contribution is 8.11. The zero-order chi connectivity index (χ0) is 13.9. The Morgan fingerprint density at radius 3 is 1.21 bits per heavy atom. The van der Waals surface area contributed by atoms with Crippen LogP contribution in [0.1, 0.15) is 0 Å². The van der Waals surface area contributed by atoms with Crippen LogP contribution in [0.3, 0.4) is 0 Å². The molecule has 0 bridgehead atoms. The molecule has 0 aromatic heterocycles. The molecular weight excluding hydrogens is 284 g/mol. The molecule has 0 N–H and O–H groups in total. The van der Waals surface area contributed by atoms with Crippen molar-refractivity contribution in [1.29, 1.82) is 0 Å². The van der Waals surface area contributed by atoms with Gasteiger partial charge in [0.15, 0.2) is 19.7 Å². The molecule has 2 aromatic rings. The van der Waals surface area contributed by atoms with Gasteiger partial charge in [0.1, 0.15) is 0 Å². The van der Waals surface area contributed by atoms with Gasteiger partial charge in [-0.15, -0.1) is 0 Å². The van der Waals surface area contributed by atoms with Gasteiger partial charge in [-0.25, -0.2) is 16.8 Å². The molecule has 0 heterocycles. The van der Waals surface area contributed by atoms with E-state index in [1.165, 1.54) is 48.5 Å².